The Morgan fingerprint density at radius 3 is 1.59 bits per heavy atom. The molecule has 2 aliphatic heterocycles. The number of nitrogens with one attached hydrogen (secondary N) is 7. The van der Waals surface area contributed by atoms with Crippen molar-refractivity contribution >= 4 is 70.9 Å². The van der Waals surface area contributed by atoms with Crippen LogP contribution in [-0.4, -0.2) is 147 Å². The molecule has 2 saturated heterocycles. The molecule has 26 nitrogen and oxygen atoms in total. The number of unbranched alkanes of at least 4 members (excludes halogenated alkanes) is 8. The van der Waals surface area contributed by atoms with Crippen LogP contribution in [-0.2, 0) is 64.0 Å². The number of benzene rings is 1. The van der Waals surface area contributed by atoms with Crippen LogP contribution in [0, 0.1) is 0 Å². The van der Waals surface area contributed by atoms with Crippen LogP contribution < -0.4 is 60.2 Å². The number of aromatic hydroxyl groups is 1. The van der Waals surface area contributed by atoms with E-state index in [4.69, 9.17) is 22.9 Å². The van der Waals surface area contributed by atoms with E-state index in [1.165, 1.54) is 24.3 Å². The number of phenols is 1. The number of nitrogens with zero attached hydrogens (tertiary/aromatic N) is 1. The SMILES string of the molecule is CCCCCCCCCCCC1CC(=O)NC(CC(N)=O)C(=O)NC(Cc2ccc(O)cc2)C(=O)NC(CC(N)=O)C(=O)NC(CCC(N)=O)C(=O)NC(CO)C(=O)NC(CC(N)=O)C(=O)N2CCCC2C(=O)N1. The van der Waals surface area contributed by atoms with Crippen LogP contribution >= 0.6 is 0 Å². The van der Waals surface area contributed by atoms with Gasteiger partial charge in [0.25, 0.3) is 0 Å². The number of carbonyl (C=O) groups excluding carboxylic acids is 12. The van der Waals surface area contributed by atoms with Gasteiger partial charge in [0, 0.05) is 31.8 Å². The fourth-order valence-corrected chi connectivity index (χ4v) is 8.61. The number of hydrogen-bond donors (Lipinski definition) is 13. The molecule has 0 aliphatic carbocycles. The van der Waals surface area contributed by atoms with E-state index in [0.717, 1.165) is 56.3 Å². The summed E-state index contributed by atoms with van der Waals surface area (Å²) >= 11 is 0. The molecule has 2 fully saturated rings. The Morgan fingerprint density at radius 2 is 1.03 bits per heavy atom. The van der Waals surface area contributed by atoms with Crippen LogP contribution in [0.2, 0.25) is 0 Å². The molecule has 8 unspecified atom stereocenters. The highest BCUT2D eigenvalue weighted by Gasteiger charge is 2.40. The molecule has 0 bridgehead atoms. The van der Waals surface area contributed by atoms with Gasteiger partial charge in [-0.3, -0.25) is 57.5 Å². The summed E-state index contributed by atoms with van der Waals surface area (Å²) < 4.78 is 0. The van der Waals surface area contributed by atoms with Crippen LogP contribution in [0.15, 0.2) is 24.3 Å². The number of phenolic OH excluding ortho intramolecular Hbond substituents is 1. The molecule has 26 heteroatoms. The normalized spacial score (nSPS) is 24.1. The van der Waals surface area contributed by atoms with E-state index in [-0.39, 0.29) is 31.6 Å². The third kappa shape index (κ3) is 21.4. The first kappa shape index (κ1) is 60.9. The molecule has 1 aromatic rings. The number of hydrogen-bond acceptors (Lipinski definition) is 14. The predicted molar refractivity (Wildman–Crippen MR) is 263 cm³/mol. The summed E-state index contributed by atoms with van der Waals surface area (Å²) in [5.41, 5.74) is 22.1. The van der Waals surface area contributed by atoms with E-state index in [1.807, 2.05) is 0 Å². The molecule has 12 amide bonds. The van der Waals surface area contributed by atoms with Crippen molar-refractivity contribution in [1.29, 1.82) is 0 Å². The first-order valence-electron chi connectivity index (χ1n) is 25.1. The Balaban J connectivity index is 2.13. The second kappa shape index (κ2) is 31.3. The van der Waals surface area contributed by atoms with Crippen LogP contribution in [0.3, 0.4) is 0 Å². The highest BCUT2D eigenvalue weighted by atomic mass is 16.3. The molecular weight excluding hydrogens is 969 g/mol. The van der Waals surface area contributed by atoms with Crippen LogP contribution in [0.5, 0.6) is 5.75 Å². The van der Waals surface area contributed by atoms with Crippen LogP contribution in [0.4, 0.5) is 0 Å². The Hall–Kier alpha value is -7.38. The number of primary amides is 4. The first-order valence-corrected chi connectivity index (χ1v) is 25.1. The van der Waals surface area contributed by atoms with E-state index in [9.17, 15) is 67.7 Å². The van der Waals surface area contributed by atoms with Crippen LogP contribution in [0.1, 0.15) is 128 Å². The van der Waals surface area contributed by atoms with Gasteiger partial charge in [-0.1, -0.05) is 76.8 Å². The molecule has 0 radical (unpaired) electrons. The van der Waals surface area contributed by atoms with Crippen molar-refractivity contribution in [1.82, 2.24) is 42.1 Å². The monoisotopic (exact) mass is 1040 g/mol. The average Bonchev–Trinajstić information content (AvgIpc) is 3.83. The molecule has 1 aromatic carbocycles. The van der Waals surface area contributed by atoms with E-state index < -0.39 is 164 Å². The predicted octanol–water partition coefficient (Wildman–Crippen LogP) is -3.47. The minimum atomic E-state index is -1.90. The van der Waals surface area contributed by atoms with Gasteiger partial charge in [0.15, 0.2) is 0 Å². The summed E-state index contributed by atoms with van der Waals surface area (Å²) in [4.78, 5) is 162. The smallest absolute Gasteiger partial charge is 0.246 e. The van der Waals surface area contributed by atoms with E-state index in [2.05, 4.69) is 44.1 Å². The Kier molecular flexibility index (Phi) is 25.7. The zero-order valence-electron chi connectivity index (χ0n) is 41.8. The Labute approximate surface area is 428 Å². The third-order valence-corrected chi connectivity index (χ3v) is 12.5. The topological polar surface area (TPSA) is 437 Å². The van der Waals surface area contributed by atoms with Crippen molar-refractivity contribution in [2.24, 2.45) is 22.9 Å². The molecule has 2 heterocycles. The van der Waals surface area contributed by atoms with Gasteiger partial charge in [-0.25, -0.2) is 0 Å². The number of rotatable bonds is 22. The van der Waals surface area contributed by atoms with E-state index in [1.54, 1.807) is 0 Å². The lowest BCUT2D eigenvalue weighted by molar-refractivity contribution is -0.143. The zero-order chi connectivity index (χ0) is 54.9. The Bertz CT molecular complexity index is 2160. The van der Waals surface area contributed by atoms with Crippen molar-refractivity contribution in [2.75, 3.05) is 13.2 Å². The molecular formula is C48H74N12O14. The molecule has 0 saturated carbocycles. The first-order chi connectivity index (χ1) is 35.1. The molecule has 0 aromatic heterocycles. The highest BCUT2D eigenvalue weighted by Crippen LogP contribution is 2.21. The van der Waals surface area contributed by atoms with Crippen molar-refractivity contribution in [3.63, 3.8) is 0 Å². The van der Waals surface area contributed by atoms with Gasteiger partial charge in [0.05, 0.1) is 25.9 Å². The molecule has 410 valence electrons. The number of nitrogens with two attached hydrogens (primary N) is 4. The van der Waals surface area contributed by atoms with Gasteiger partial charge in [0.1, 0.15) is 48.0 Å². The Morgan fingerprint density at radius 1 is 0.554 bits per heavy atom. The maximum atomic E-state index is 14.2. The van der Waals surface area contributed by atoms with Crippen molar-refractivity contribution in [2.45, 2.75) is 177 Å². The summed E-state index contributed by atoms with van der Waals surface area (Å²) in [6, 6.07) is -7.38. The molecule has 3 rings (SSSR count). The fourth-order valence-electron chi connectivity index (χ4n) is 8.61. The summed E-state index contributed by atoms with van der Waals surface area (Å²) in [7, 11) is 0. The average molecular weight is 1040 g/mol. The lowest BCUT2D eigenvalue weighted by Gasteiger charge is -2.30. The van der Waals surface area contributed by atoms with Gasteiger partial charge in [-0.2, -0.15) is 0 Å². The molecule has 0 spiro atoms. The number of fused-ring (bicyclic) bond motifs is 1. The van der Waals surface area contributed by atoms with Crippen molar-refractivity contribution < 1.29 is 67.7 Å². The lowest BCUT2D eigenvalue weighted by atomic mass is 10.0. The van der Waals surface area contributed by atoms with Gasteiger partial charge in [-0.05, 0) is 43.4 Å². The van der Waals surface area contributed by atoms with Crippen LogP contribution in [0.25, 0.3) is 0 Å². The number of aliphatic hydroxyl groups excluding tert-OH is 1. The minimum absolute atomic E-state index is 0.0153. The van der Waals surface area contributed by atoms with Gasteiger partial charge >= 0.3 is 0 Å². The largest absolute Gasteiger partial charge is 0.508 e. The maximum absolute atomic E-state index is 14.2. The van der Waals surface area contributed by atoms with Crippen molar-refractivity contribution in [3.05, 3.63) is 29.8 Å². The fraction of sp³-hybridized carbons (Fsp3) is 0.625. The van der Waals surface area contributed by atoms with Gasteiger partial charge in [0.2, 0.25) is 70.9 Å². The second-order valence-electron chi connectivity index (χ2n) is 18.7. The second-order valence-corrected chi connectivity index (χ2v) is 18.7. The summed E-state index contributed by atoms with van der Waals surface area (Å²) in [5, 5.41) is 37.0. The van der Waals surface area contributed by atoms with Gasteiger partial charge < -0.3 is 75.3 Å². The minimum Gasteiger partial charge on any atom is -0.508 e. The third-order valence-electron chi connectivity index (χ3n) is 12.5. The summed E-state index contributed by atoms with van der Waals surface area (Å²) in [6.45, 7) is 0.993. The summed E-state index contributed by atoms with van der Waals surface area (Å²) in [5.74, 6) is -12.7. The lowest BCUT2D eigenvalue weighted by Crippen LogP contribution is -2.61. The number of carbonyl (C=O) groups is 12. The van der Waals surface area contributed by atoms with Gasteiger partial charge in [-0.15, -0.1) is 0 Å². The molecule has 74 heavy (non-hydrogen) atoms. The number of aliphatic hydroxyl groups is 1. The maximum Gasteiger partial charge on any atom is 0.246 e. The van der Waals surface area contributed by atoms with E-state index >= 15 is 0 Å². The summed E-state index contributed by atoms with van der Waals surface area (Å²) in [6.07, 6.45) is 5.00. The van der Waals surface area contributed by atoms with E-state index in [0.29, 0.717) is 18.4 Å². The zero-order valence-corrected chi connectivity index (χ0v) is 41.8. The quantitative estimate of drug-likeness (QED) is 0.0502. The standard InChI is InChI=1S/C48H74N12O14/c1-2-3-4-5-6-7-8-9-10-12-28-22-41(67)54-32(23-38(50)64)44(70)56-31(21-27-14-16-29(62)17-15-27)43(69)57-33(24-39(51)65)45(71)55-30(18-19-37(49)63)42(68)59-35(26-61)46(72)58-34(25-40(52)66)48(74)60-20-11-13-36(60)47(73)53-28/h14-17,28,30-36,61-62H,2-13,18-26H2,1H3,(H2,49,63)(H2,50,64)(H2,51,65)(H2,52,66)(H,53,73)(H,54,67)(H,55,71)(H,56,70)(H,57,69)(H,58,72)(H,59,68). The molecule has 2 aliphatic rings. The molecule has 17 N–H and O–H groups in total. The number of amides is 12. The van der Waals surface area contributed by atoms with Crippen molar-refractivity contribution in [3.8, 4) is 5.75 Å². The molecule has 8 atom stereocenters. The highest BCUT2D eigenvalue weighted by molar-refractivity contribution is 6.00.